The zero-order chi connectivity index (χ0) is 22.9. The lowest BCUT2D eigenvalue weighted by molar-refractivity contribution is -0.117. The van der Waals surface area contributed by atoms with Crippen molar-refractivity contribution in [3.63, 3.8) is 0 Å². The van der Waals surface area contributed by atoms with Crippen LogP contribution in [0.3, 0.4) is 0 Å². The fraction of sp³-hybridized carbons (Fsp3) is 0.400. The fourth-order valence-corrected chi connectivity index (χ4v) is 3.62. The number of hydrogen-bond acceptors (Lipinski definition) is 4. The van der Waals surface area contributed by atoms with Crippen LogP contribution in [-0.4, -0.2) is 42.3 Å². The third-order valence-corrected chi connectivity index (χ3v) is 5.27. The Hall–Kier alpha value is -3.35. The van der Waals surface area contributed by atoms with E-state index in [0.29, 0.717) is 23.6 Å². The number of nitrogens with one attached hydrogen (secondary N) is 3. The van der Waals surface area contributed by atoms with Crippen LogP contribution in [0.15, 0.2) is 48.5 Å². The van der Waals surface area contributed by atoms with Crippen molar-refractivity contribution in [1.82, 2.24) is 4.90 Å². The van der Waals surface area contributed by atoms with E-state index >= 15 is 0 Å². The summed E-state index contributed by atoms with van der Waals surface area (Å²) in [6.45, 7) is 5.73. The fourth-order valence-electron chi connectivity index (χ4n) is 3.62. The average Bonchev–Trinajstić information content (AvgIpc) is 2.79. The van der Waals surface area contributed by atoms with Gasteiger partial charge in [0.2, 0.25) is 11.8 Å². The van der Waals surface area contributed by atoms with Crippen LogP contribution in [0.4, 0.5) is 17.1 Å². The standard InChI is InChI=1S/C25H32N4O3/c1-18(2)16-23(30)27-22-12-10-20(11-13-22)26-17-24(31)28-21-8-6-19(7-9-21)25(32)29-14-4-3-5-15-29/h6-13,18,26H,3-5,14-17H2,1-2H3,(H,27,30)(H,28,31). The van der Waals surface area contributed by atoms with Crippen LogP contribution >= 0.6 is 0 Å². The monoisotopic (exact) mass is 436 g/mol. The molecule has 1 fully saturated rings. The lowest BCUT2D eigenvalue weighted by Gasteiger charge is -2.26. The molecule has 3 rings (SSSR count). The summed E-state index contributed by atoms with van der Waals surface area (Å²) >= 11 is 0. The van der Waals surface area contributed by atoms with E-state index < -0.39 is 0 Å². The van der Waals surface area contributed by atoms with Crippen LogP contribution in [0, 0.1) is 5.92 Å². The molecule has 32 heavy (non-hydrogen) atoms. The molecular weight excluding hydrogens is 404 g/mol. The summed E-state index contributed by atoms with van der Waals surface area (Å²) in [4.78, 5) is 38.5. The predicted molar refractivity (Wildman–Crippen MR) is 128 cm³/mol. The zero-order valence-electron chi connectivity index (χ0n) is 18.8. The van der Waals surface area contributed by atoms with Gasteiger partial charge in [0.15, 0.2) is 0 Å². The summed E-state index contributed by atoms with van der Waals surface area (Å²) in [5.41, 5.74) is 2.80. The van der Waals surface area contributed by atoms with Gasteiger partial charge in [0.05, 0.1) is 6.54 Å². The number of likely N-dealkylation sites (tertiary alicyclic amines) is 1. The van der Waals surface area contributed by atoms with Crippen molar-refractivity contribution >= 4 is 34.8 Å². The van der Waals surface area contributed by atoms with Crippen LogP contribution in [0.1, 0.15) is 49.9 Å². The Morgan fingerprint density at radius 3 is 1.91 bits per heavy atom. The van der Waals surface area contributed by atoms with Gasteiger partial charge in [-0.1, -0.05) is 13.8 Å². The lowest BCUT2D eigenvalue weighted by Crippen LogP contribution is -2.35. The molecule has 0 radical (unpaired) electrons. The molecule has 170 valence electrons. The molecular formula is C25H32N4O3. The first-order valence-corrected chi connectivity index (χ1v) is 11.2. The molecule has 2 aromatic rings. The SMILES string of the molecule is CC(C)CC(=O)Nc1ccc(NCC(=O)Nc2ccc(C(=O)N3CCCCC3)cc2)cc1. The number of carbonyl (C=O) groups is 3. The molecule has 3 amide bonds. The molecule has 0 aliphatic carbocycles. The minimum absolute atomic E-state index is 0.0104. The van der Waals surface area contributed by atoms with Gasteiger partial charge in [-0.05, 0) is 73.7 Å². The summed E-state index contributed by atoms with van der Waals surface area (Å²) in [5, 5.41) is 8.75. The van der Waals surface area contributed by atoms with Gasteiger partial charge in [0.1, 0.15) is 0 Å². The van der Waals surface area contributed by atoms with E-state index in [1.807, 2.05) is 30.9 Å². The van der Waals surface area contributed by atoms with Crippen molar-refractivity contribution in [3.8, 4) is 0 Å². The highest BCUT2D eigenvalue weighted by Gasteiger charge is 2.18. The number of nitrogens with zero attached hydrogens (tertiary/aromatic N) is 1. The summed E-state index contributed by atoms with van der Waals surface area (Å²) in [7, 11) is 0. The predicted octanol–water partition coefficient (Wildman–Crippen LogP) is 4.35. The Labute approximate surface area is 189 Å². The Morgan fingerprint density at radius 1 is 0.781 bits per heavy atom. The molecule has 0 aromatic heterocycles. The highest BCUT2D eigenvalue weighted by atomic mass is 16.2. The molecule has 1 aliphatic heterocycles. The summed E-state index contributed by atoms with van der Waals surface area (Å²) in [6, 6.07) is 14.3. The maximum Gasteiger partial charge on any atom is 0.253 e. The zero-order valence-corrected chi connectivity index (χ0v) is 18.8. The Kier molecular flexibility index (Phi) is 8.25. The van der Waals surface area contributed by atoms with Crippen molar-refractivity contribution in [2.24, 2.45) is 5.92 Å². The summed E-state index contributed by atoms with van der Waals surface area (Å²) in [6.07, 6.45) is 3.78. The largest absolute Gasteiger partial charge is 0.376 e. The van der Waals surface area contributed by atoms with Gasteiger partial charge in [0.25, 0.3) is 5.91 Å². The van der Waals surface area contributed by atoms with Crippen molar-refractivity contribution in [1.29, 1.82) is 0 Å². The van der Waals surface area contributed by atoms with E-state index in [1.54, 1.807) is 36.4 Å². The van der Waals surface area contributed by atoms with E-state index in [9.17, 15) is 14.4 Å². The molecule has 1 heterocycles. The average molecular weight is 437 g/mol. The molecule has 2 aromatic carbocycles. The van der Waals surface area contributed by atoms with Gasteiger partial charge in [-0.3, -0.25) is 14.4 Å². The number of amides is 3. The van der Waals surface area contributed by atoms with Gasteiger partial charge in [-0.15, -0.1) is 0 Å². The van der Waals surface area contributed by atoms with Crippen molar-refractivity contribution in [2.75, 3.05) is 35.6 Å². The smallest absolute Gasteiger partial charge is 0.253 e. The van der Waals surface area contributed by atoms with E-state index in [-0.39, 0.29) is 24.3 Å². The minimum Gasteiger partial charge on any atom is -0.376 e. The number of hydrogen-bond donors (Lipinski definition) is 3. The number of benzene rings is 2. The van der Waals surface area contributed by atoms with E-state index in [1.165, 1.54) is 6.42 Å². The van der Waals surface area contributed by atoms with Crippen LogP contribution in [-0.2, 0) is 9.59 Å². The van der Waals surface area contributed by atoms with Crippen LogP contribution in [0.25, 0.3) is 0 Å². The van der Waals surface area contributed by atoms with Crippen molar-refractivity contribution in [3.05, 3.63) is 54.1 Å². The number of carbonyl (C=O) groups excluding carboxylic acids is 3. The summed E-state index contributed by atoms with van der Waals surface area (Å²) in [5.74, 6) is 0.159. The lowest BCUT2D eigenvalue weighted by atomic mass is 10.1. The van der Waals surface area contributed by atoms with Crippen LogP contribution in [0.2, 0.25) is 0 Å². The Morgan fingerprint density at radius 2 is 1.31 bits per heavy atom. The first-order chi connectivity index (χ1) is 15.4. The molecule has 7 nitrogen and oxygen atoms in total. The van der Waals surface area contributed by atoms with E-state index in [4.69, 9.17) is 0 Å². The number of rotatable bonds is 8. The first-order valence-electron chi connectivity index (χ1n) is 11.2. The molecule has 0 bridgehead atoms. The highest BCUT2D eigenvalue weighted by molar-refractivity contribution is 5.97. The second kappa shape index (κ2) is 11.3. The number of piperidine rings is 1. The molecule has 7 heteroatoms. The van der Waals surface area contributed by atoms with Crippen LogP contribution in [0.5, 0.6) is 0 Å². The molecule has 3 N–H and O–H groups in total. The van der Waals surface area contributed by atoms with E-state index in [2.05, 4.69) is 16.0 Å². The van der Waals surface area contributed by atoms with Crippen molar-refractivity contribution in [2.45, 2.75) is 39.5 Å². The van der Waals surface area contributed by atoms with Gasteiger partial charge in [0, 0.05) is 42.1 Å². The third kappa shape index (κ3) is 7.11. The maximum absolute atomic E-state index is 12.5. The highest BCUT2D eigenvalue weighted by Crippen LogP contribution is 2.17. The molecule has 0 atom stereocenters. The molecule has 0 unspecified atom stereocenters. The van der Waals surface area contributed by atoms with Gasteiger partial charge in [-0.25, -0.2) is 0 Å². The maximum atomic E-state index is 12.5. The third-order valence-electron chi connectivity index (χ3n) is 5.27. The molecule has 1 aliphatic rings. The topological polar surface area (TPSA) is 90.5 Å². The van der Waals surface area contributed by atoms with Gasteiger partial charge in [-0.2, -0.15) is 0 Å². The van der Waals surface area contributed by atoms with Gasteiger partial charge < -0.3 is 20.9 Å². The molecule has 0 saturated carbocycles. The first kappa shape index (κ1) is 23.3. The second-order valence-electron chi connectivity index (χ2n) is 8.56. The minimum atomic E-state index is -0.186. The second-order valence-corrected chi connectivity index (χ2v) is 8.56. The van der Waals surface area contributed by atoms with Gasteiger partial charge >= 0.3 is 0 Å². The Balaban J connectivity index is 1.44. The molecule has 1 saturated heterocycles. The number of anilines is 3. The molecule has 0 spiro atoms. The van der Waals surface area contributed by atoms with Crippen molar-refractivity contribution < 1.29 is 14.4 Å². The summed E-state index contributed by atoms with van der Waals surface area (Å²) < 4.78 is 0. The van der Waals surface area contributed by atoms with E-state index in [0.717, 1.165) is 37.3 Å². The quantitative estimate of drug-likeness (QED) is 0.574. The normalized spacial score (nSPS) is 13.5. The van der Waals surface area contributed by atoms with Crippen LogP contribution < -0.4 is 16.0 Å². The Bertz CT molecular complexity index is 917.